The molecule has 0 bridgehead atoms. The number of aryl methyl sites for hydroxylation is 1. The summed E-state index contributed by atoms with van der Waals surface area (Å²) in [5, 5.41) is 5.20. The number of rotatable bonds is 5. The van der Waals surface area contributed by atoms with E-state index in [4.69, 9.17) is 0 Å². The number of likely N-dealkylation sites (tertiary alicyclic amines) is 1. The molecule has 2 aliphatic rings. The van der Waals surface area contributed by atoms with E-state index in [0.717, 1.165) is 35.6 Å². The number of nitrogens with zero attached hydrogens (tertiary/aromatic N) is 5. The van der Waals surface area contributed by atoms with Crippen molar-refractivity contribution in [2.75, 3.05) is 6.54 Å². The molecule has 1 amide bonds. The summed E-state index contributed by atoms with van der Waals surface area (Å²) >= 11 is 1.66. The summed E-state index contributed by atoms with van der Waals surface area (Å²) in [7, 11) is 0. The van der Waals surface area contributed by atoms with Crippen LogP contribution in [-0.4, -0.2) is 42.7 Å². The number of thiazole rings is 1. The second kappa shape index (κ2) is 9.21. The maximum atomic E-state index is 13.6. The van der Waals surface area contributed by atoms with Gasteiger partial charge in [-0.25, -0.2) is 23.4 Å². The normalized spacial score (nSPS) is 19.3. The molecule has 1 atom stereocenters. The standard InChI is InChI=1S/C24H28FN5O2S/c1-16-27-21(22(33-16)17-6-3-2-4-7-17)23(31)28-13-5-8-20(28)14-30-24(32)29(15-26-30)19-11-9-18(25)10-12-19/h9-12,15,17,20H,2-8,13-14H2,1H3/t20-/m0/s1. The summed E-state index contributed by atoms with van der Waals surface area (Å²) < 4.78 is 16.0. The van der Waals surface area contributed by atoms with Gasteiger partial charge in [-0.05, 0) is 62.8 Å². The van der Waals surface area contributed by atoms with E-state index in [0.29, 0.717) is 30.4 Å². The first-order chi connectivity index (χ1) is 16.0. The fourth-order valence-electron chi connectivity index (χ4n) is 5.11. The van der Waals surface area contributed by atoms with Crippen LogP contribution in [0.25, 0.3) is 5.69 Å². The first kappa shape index (κ1) is 22.0. The molecule has 9 heteroatoms. The molecule has 1 saturated carbocycles. The van der Waals surface area contributed by atoms with E-state index in [1.807, 2.05) is 11.8 Å². The van der Waals surface area contributed by atoms with Crippen molar-refractivity contribution >= 4 is 17.2 Å². The van der Waals surface area contributed by atoms with Crippen molar-refractivity contribution in [2.45, 2.75) is 70.4 Å². The highest BCUT2D eigenvalue weighted by atomic mass is 32.1. The zero-order valence-corrected chi connectivity index (χ0v) is 19.6. The van der Waals surface area contributed by atoms with Gasteiger partial charge in [0.25, 0.3) is 5.91 Å². The van der Waals surface area contributed by atoms with E-state index in [9.17, 15) is 14.0 Å². The number of benzene rings is 1. The van der Waals surface area contributed by atoms with Crippen molar-refractivity contribution in [1.29, 1.82) is 0 Å². The van der Waals surface area contributed by atoms with Gasteiger partial charge >= 0.3 is 5.69 Å². The number of carbonyl (C=O) groups is 1. The lowest BCUT2D eigenvalue weighted by atomic mass is 9.87. The van der Waals surface area contributed by atoms with Crippen molar-refractivity contribution in [2.24, 2.45) is 0 Å². The van der Waals surface area contributed by atoms with Crippen LogP contribution < -0.4 is 5.69 Å². The Hall–Kier alpha value is -2.81. The predicted molar refractivity (Wildman–Crippen MR) is 125 cm³/mol. The lowest BCUT2D eigenvalue weighted by Gasteiger charge is -2.26. The number of hydrogen-bond acceptors (Lipinski definition) is 5. The molecule has 0 N–H and O–H groups in total. The third-order valence-corrected chi connectivity index (χ3v) is 7.93. The van der Waals surface area contributed by atoms with Crippen LogP contribution in [0.5, 0.6) is 0 Å². The highest BCUT2D eigenvalue weighted by molar-refractivity contribution is 7.12. The van der Waals surface area contributed by atoms with Crippen LogP contribution in [0.15, 0.2) is 35.4 Å². The number of carbonyl (C=O) groups excluding carboxylic acids is 1. The van der Waals surface area contributed by atoms with Crippen molar-refractivity contribution in [3.63, 3.8) is 0 Å². The molecule has 3 heterocycles. The second-order valence-electron chi connectivity index (χ2n) is 9.02. The number of halogens is 1. The van der Waals surface area contributed by atoms with Gasteiger partial charge in [0, 0.05) is 11.4 Å². The van der Waals surface area contributed by atoms with Gasteiger partial charge in [-0.1, -0.05) is 19.3 Å². The van der Waals surface area contributed by atoms with Gasteiger partial charge in [0.15, 0.2) is 0 Å². The van der Waals surface area contributed by atoms with Gasteiger partial charge in [0.05, 0.1) is 23.3 Å². The molecule has 0 spiro atoms. The van der Waals surface area contributed by atoms with E-state index < -0.39 is 0 Å². The molecular formula is C24H28FN5O2S. The van der Waals surface area contributed by atoms with Crippen LogP contribution in [0.2, 0.25) is 0 Å². The van der Waals surface area contributed by atoms with Crippen LogP contribution in [0.1, 0.15) is 71.2 Å². The molecular weight excluding hydrogens is 441 g/mol. The first-order valence-corrected chi connectivity index (χ1v) is 12.5. The molecule has 0 radical (unpaired) electrons. The highest BCUT2D eigenvalue weighted by Gasteiger charge is 2.34. The molecule has 1 aliphatic heterocycles. The minimum absolute atomic E-state index is 0.0200. The summed E-state index contributed by atoms with van der Waals surface area (Å²) in [4.78, 5) is 34.2. The van der Waals surface area contributed by atoms with Gasteiger partial charge in [-0.15, -0.1) is 11.3 Å². The number of aromatic nitrogens is 4. The Morgan fingerprint density at radius 2 is 1.88 bits per heavy atom. The number of hydrogen-bond donors (Lipinski definition) is 0. The summed E-state index contributed by atoms with van der Waals surface area (Å²) in [6.45, 7) is 2.97. The molecule has 1 aromatic carbocycles. The average Bonchev–Trinajstić information content (AvgIpc) is 3.54. The Morgan fingerprint density at radius 3 is 2.64 bits per heavy atom. The minimum Gasteiger partial charge on any atom is -0.332 e. The van der Waals surface area contributed by atoms with E-state index in [2.05, 4.69) is 10.1 Å². The van der Waals surface area contributed by atoms with Crippen LogP contribution in [-0.2, 0) is 6.54 Å². The second-order valence-corrected chi connectivity index (χ2v) is 10.3. The Morgan fingerprint density at radius 1 is 1.12 bits per heavy atom. The molecule has 2 fully saturated rings. The summed E-state index contributed by atoms with van der Waals surface area (Å²) in [6, 6.07) is 5.62. The van der Waals surface area contributed by atoms with Crippen LogP contribution in [0.4, 0.5) is 4.39 Å². The van der Waals surface area contributed by atoms with Crippen LogP contribution in [0.3, 0.4) is 0 Å². The largest absolute Gasteiger partial charge is 0.350 e. The maximum absolute atomic E-state index is 13.6. The first-order valence-electron chi connectivity index (χ1n) is 11.7. The SMILES string of the molecule is Cc1nc(C(=O)N2CCC[C@H]2Cn2ncn(-c3ccc(F)cc3)c2=O)c(C2CCCCC2)s1. The van der Waals surface area contributed by atoms with Crippen molar-refractivity contribution in [1.82, 2.24) is 24.2 Å². The fraction of sp³-hybridized carbons (Fsp3) is 0.500. The zero-order chi connectivity index (χ0) is 22.9. The van der Waals surface area contributed by atoms with E-state index in [-0.39, 0.29) is 23.5 Å². The Kier molecular flexibility index (Phi) is 6.14. The lowest BCUT2D eigenvalue weighted by Crippen LogP contribution is -2.41. The topological polar surface area (TPSA) is 73.0 Å². The molecule has 1 aliphatic carbocycles. The molecule has 33 heavy (non-hydrogen) atoms. The van der Waals surface area contributed by atoms with Crippen molar-refractivity contribution in [3.05, 3.63) is 62.5 Å². The molecule has 0 unspecified atom stereocenters. The van der Waals surface area contributed by atoms with Crippen LogP contribution in [0, 0.1) is 12.7 Å². The van der Waals surface area contributed by atoms with Crippen LogP contribution >= 0.6 is 11.3 Å². The minimum atomic E-state index is -0.357. The highest BCUT2D eigenvalue weighted by Crippen LogP contribution is 2.38. The third-order valence-electron chi connectivity index (χ3n) is 6.80. The van der Waals surface area contributed by atoms with E-state index >= 15 is 0 Å². The average molecular weight is 470 g/mol. The Labute approximate surface area is 195 Å². The van der Waals surface area contributed by atoms with Gasteiger partial charge in [0.1, 0.15) is 17.8 Å². The summed E-state index contributed by atoms with van der Waals surface area (Å²) in [5.41, 5.74) is 0.871. The quantitative estimate of drug-likeness (QED) is 0.559. The summed E-state index contributed by atoms with van der Waals surface area (Å²) in [5.74, 6) is 0.0524. The van der Waals surface area contributed by atoms with E-state index in [1.54, 1.807) is 23.5 Å². The maximum Gasteiger partial charge on any atom is 0.350 e. The van der Waals surface area contributed by atoms with Gasteiger partial charge < -0.3 is 4.90 Å². The van der Waals surface area contributed by atoms with Crippen molar-refractivity contribution < 1.29 is 9.18 Å². The molecule has 2 aromatic heterocycles. The Bertz CT molecular complexity index is 1190. The molecule has 174 valence electrons. The Balaban J connectivity index is 1.36. The van der Waals surface area contributed by atoms with E-state index in [1.165, 1.54) is 47.0 Å². The molecule has 5 rings (SSSR count). The molecule has 3 aromatic rings. The molecule has 7 nitrogen and oxygen atoms in total. The fourth-order valence-corrected chi connectivity index (χ4v) is 6.19. The van der Waals surface area contributed by atoms with Gasteiger partial charge in [-0.2, -0.15) is 5.10 Å². The zero-order valence-electron chi connectivity index (χ0n) is 18.7. The van der Waals surface area contributed by atoms with Gasteiger partial charge in [0.2, 0.25) is 0 Å². The van der Waals surface area contributed by atoms with Crippen molar-refractivity contribution in [3.8, 4) is 5.69 Å². The summed E-state index contributed by atoms with van der Waals surface area (Å²) in [6.07, 6.45) is 9.10. The monoisotopic (exact) mass is 469 g/mol. The third kappa shape index (κ3) is 4.38. The molecule has 1 saturated heterocycles. The lowest BCUT2D eigenvalue weighted by molar-refractivity contribution is 0.0713. The number of amides is 1. The van der Waals surface area contributed by atoms with Gasteiger partial charge in [-0.3, -0.25) is 4.79 Å². The predicted octanol–water partition coefficient (Wildman–Crippen LogP) is 4.29. The smallest absolute Gasteiger partial charge is 0.332 e.